The zero-order valence-corrected chi connectivity index (χ0v) is 16.7. The number of amides is 1. The van der Waals surface area contributed by atoms with Crippen LogP contribution < -0.4 is 16.6 Å². The van der Waals surface area contributed by atoms with Gasteiger partial charge in [-0.05, 0) is 18.6 Å². The standard InChI is InChI=1S/C18H15ClN4O5S/c1-2-28-16(26)13-9-29-17(21-13)22-14(24)11-7-20-18(27)23(15(11)25)8-10-5-3-4-6-12(10)19/h3-7,9H,2,8H2,1H3,(H,20,27)(H,21,22,24). The van der Waals surface area contributed by atoms with Crippen LogP contribution in [0.15, 0.2) is 45.4 Å². The summed E-state index contributed by atoms with van der Waals surface area (Å²) in [6.07, 6.45) is 1.03. The zero-order valence-electron chi connectivity index (χ0n) is 15.1. The normalized spacial score (nSPS) is 10.6. The first-order valence-electron chi connectivity index (χ1n) is 8.40. The summed E-state index contributed by atoms with van der Waals surface area (Å²) in [5, 5.41) is 4.37. The number of anilines is 1. The average Bonchev–Trinajstić information content (AvgIpc) is 3.15. The van der Waals surface area contributed by atoms with E-state index in [0.29, 0.717) is 10.6 Å². The molecule has 3 rings (SSSR count). The van der Waals surface area contributed by atoms with Crippen molar-refractivity contribution < 1.29 is 14.3 Å². The summed E-state index contributed by atoms with van der Waals surface area (Å²) in [7, 11) is 0. The van der Waals surface area contributed by atoms with Gasteiger partial charge in [-0.3, -0.25) is 19.5 Å². The number of aromatic nitrogens is 3. The molecule has 0 radical (unpaired) electrons. The van der Waals surface area contributed by atoms with Gasteiger partial charge in [0, 0.05) is 16.6 Å². The Balaban J connectivity index is 1.85. The van der Waals surface area contributed by atoms with Crippen LogP contribution >= 0.6 is 22.9 Å². The van der Waals surface area contributed by atoms with Crippen LogP contribution in [0.25, 0.3) is 0 Å². The molecule has 2 N–H and O–H groups in total. The number of aromatic amines is 1. The molecule has 29 heavy (non-hydrogen) atoms. The fourth-order valence-electron chi connectivity index (χ4n) is 2.41. The topological polar surface area (TPSA) is 123 Å². The highest BCUT2D eigenvalue weighted by molar-refractivity contribution is 7.14. The summed E-state index contributed by atoms with van der Waals surface area (Å²) in [5.41, 5.74) is -1.15. The minimum absolute atomic E-state index is 0.0461. The van der Waals surface area contributed by atoms with E-state index >= 15 is 0 Å². The van der Waals surface area contributed by atoms with E-state index in [1.165, 1.54) is 5.38 Å². The minimum Gasteiger partial charge on any atom is -0.461 e. The van der Waals surface area contributed by atoms with Crippen molar-refractivity contribution in [1.29, 1.82) is 0 Å². The number of hydrogen-bond acceptors (Lipinski definition) is 7. The maximum absolute atomic E-state index is 12.7. The lowest BCUT2D eigenvalue weighted by Gasteiger charge is -2.08. The molecule has 2 heterocycles. The fourth-order valence-corrected chi connectivity index (χ4v) is 3.28. The monoisotopic (exact) mass is 434 g/mol. The summed E-state index contributed by atoms with van der Waals surface area (Å²) in [6.45, 7) is 1.76. The molecule has 1 aromatic carbocycles. The predicted octanol–water partition coefficient (Wildman–Crippen LogP) is 2.12. The van der Waals surface area contributed by atoms with Gasteiger partial charge in [-0.1, -0.05) is 29.8 Å². The van der Waals surface area contributed by atoms with E-state index in [-0.39, 0.29) is 29.5 Å². The van der Waals surface area contributed by atoms with Crippen LogP contribution in [-0.4, -0.2) is 33.0 Å². The van der Waals surface area contributed by atoms with Gasteiger partial charge in [0.05, 0.1) is 13.2 Å². The number of carbonyl (C=O) groups excluding carboxylic acids is 2. The second-order valence-electron chi connectivity index (χ2n) is 5.70. The summed E-state index contributed by atoms with van der Waals surface area (Å²) >= 11 is 7.09. The lowest BCUT2D eigenvalue weighted by atomic mass is 10.2. The van der Waals surface area contributed by atoms with Crippen molar-refractivity contribution >= 4 is 39.9 Å². The van der Waals surface area contributed by atoms with Gasteiger partial charge in [0.1, 0.15) is 5.56 Å². The number of halogens is 1. The van der Waals surface area contributed by atoms with Gasteiger partial charge in [0.15, 0.2) is 10.8 Å². The van der Waals surface area contributed by atoms with Crippen LogP contribution in [0, 0.1) is 0 Å². The van der Waals surface area contributed by atoms with Crippen LogP contribution in [0.4, 0.5) is 5.13 Å². The number of benzene rings is 1. The Bertz CT molecular complexity index is 1180. The number of ether oxygens (including phenoxy) is 1. The second kappa shape index (κ2) is 8.84. The Kier molecular flexibility index (Phi) is 6.25. The Hall–Kier alpha value is -3.24. The van der Waals surface area contributed by atoms with Gasteiger partial charge in [0.25, 0.3) is 11.5 Å². The van der Waals surface area contributed by atoms with Crippen molar-refractivity contribution in [2.45, 2.75) is 13.5 Å². The molecule has 9 nitrogen and oxygen atoms in total. The second-order valence-corrected chi connectivity index (χ2v) is 6.97. The molecule has 11 heteroatoms. The van der Waals surface area contributed by atoms with Gasteiger partial charge in [-0.15, -0.1) is 11.3 Å². The first-order chi connectivity index (χ1) is 13.9. The number of H-pyrrole nitrogens is 1. The third-order valence-electron chi connectivity index (χ3n) is 3.80. The SMILES string of the molecule is CCOC(=O)c1csc(NC(=O)c2c[nH]c(=O)n(Cc3ccccc3Cl)c2=O)n1. The summed E-state index contributed by atoms with van der Waals surface area (Å²) in [5.74, 6) is -1.39. The van der Waals surface area contributed by atoms with E-state index in [9.17, 15) is 19.2 Å². The number of nitrogens with one attached hydrogen (secondary N) is 2. The Morgan fingerprint density at radius 1 is 1.31 bits per heavy atom. The number of esters is 1. The first-order valence-corrected chi connectivity index (χ1v) is 9.66. The summed E-state index contributed by atoms with van der Waals surface area (Å²) < 4.78 is 5.71. The van der Waals surface area contributed by atoms with Crippen molar-refractivity contribution in [2.75, 3.05) is 11.9 Å². The lowest BCUT2D eigenvalue weighted by molar-refractivity contribution is 0.0520. The van der Waals surface area contributed by atoms with Crippen LogP contribution in [0.2, 0.25) is 5.02 Å². The molecule has 150 valence electrons. The molecule has 0 aliphatic heterocycles. The van der Waals surface area contributed by atoms with Crippen molar-refractivity contribution in [3.63, 3.8) is 0 Å². The number of carbonyl (C=O) groups is 2. The van der Waals surface area contributed by atoms with Gasteiger partial charge in [0.2, 0.25) is 0 Å². The van der Waals surface area contributed by atoms with Crippen LogP contribution in [0.1, 0.15) is 33.3 Å². The summed E-state index contributed by atoms with van der Waals surface area (Å²) in [4.78, 5) is 55.3. The fraction of sp³-hybridized carbons (Fsp3) is 0.167. The molecule has 0 saturated heterocycles. The van der Waals surface area contributed by atoms with Crippen molar-refractivity contribution in [1.82, 2.24) is 14.5 Å². The Morgan fingerprint density at radius 3 is 2.79 bits per heavy atom. The number of rotatable bonds is 6. The lowest BCUT2D eigenvalue weighted by Crippen LogP contribution is -2.39. The molecule has 0 unspecified atom stereocenters. The van der Waals surface area contributed by atoms with Crippen LogP contribution in [0.3, 0.4) is 0 Å². The maximum Gasteiger partial charge on any atom is 0.357 e. The highest BCUT2D eigenvalue weighted by atomic mass is 35.5. The molecule has 3 aromatic rings. The molecule has 0 aliphatic rings. The van der Waals surface area contributed by atoms with Gasteiger partial charge in [-0.2, -0.15) is 0 Å². The highest BCUT2D eigenvalue weighted by Crippen LogP contribution is 2.17. The highest BCUT2D eigenvalue weighted by Gasteiger charge is 2.18. The Morgan fingerprint density at radius 2 is 2.07 bits per heavy atom. The molecule has 0 saturated carbocycles. The quantitative estimate of drug-likeness (QED) is 0.573. The van der Waals surface area contributed by atoms with Crippen LogP contribution in [-0.2, 0) is 11.3 Å². The number of hydrogen-bond donors (Lipinski definition) is 2. The largest absolute Gasteiger partial charge is 0.461 e. The molecule has 0 fully saturated rings. The third-order valence-corrected chi connectivity index (χ3v) is 4.93. The zero-order chi connectivity index (χ0) is 21.0. The molecule has 1 amide bonds. The van der Waals surface area contributed by atoms with Crippen molar-refractivity contribution in [2.24, 2.45) is 0 Å². The van der Waals surface area contributed by atoms with Gasteiger partial charge in [-0.25, -0.2) is 14.6 Å². The maximum atomic E-state index is 12.7. The average molecular weight is 435 g/mol. The van der Waals surface area contributed by atoms with E-state index in [4.69, 9.17) is 16.3 Å². The van der Waals surface area contributed by atoms with Crippen molar-refractivity contribution in [3.05, 3.63) is 78.5 Å². The van der Waals surface area contributed by atoms with Gasteiger partial charge >= 0.3 is 11.7 Å². The van der Waals surface area contributed by atoms with E-state index < -0.39 is 23.1 Å². The predicted molar refractivity (Wildman–Crippen MR) is 108 cm³/mol. The molecule has 0 atom stereocenters. The third kappa shape index (κ3) is 4.61. The van der Waals surface area contributed by atoms with Crippen LogP contribution in [0.5, 0.6) is 0 Å². The van der Waals surface area contributed by atoms with E-state index in [2.05, 4.69) is 15.3 Å². The van der Waals surface area contributed by atoms with E-state index in [0.717, 1.165) is 22.1 Å². The molecule has 0 aliphatic carbocycles. The van der Waals surface area contributed by atoms with Crippen molar-refractivity contribution in [3.8, 4) is 0 Å². The molecule has 0 bridgehead atoms. The smallest absolute Gasteiger partial charge is 0.357 e. The van der Waals surface area contributed by atoms with E-state index in [1.54, 1.807) is 31.2 Å². The Labute approximate surface area is 172 Å². The molecular weight excluding hydrogens is 420 g/mol. The summed E-state index contributed by atoms with van der Waals surface area (Å²) in [6, 6.07) is 6.76. The molecule has 2 aromatic heterocycles. The van der Waals surface area contributed by atoms with E-state index in [1.807, 2.05) is 0 Å². The number of nitrogens with zero attached hydrogens (tertiary/aromatic N) is 2. The molecular formula is C18H15ClN4O5S. The van der Waals surface area contributed by atoms with Gasteiger partial charge < -0.3 is 9.72 Å². The molecule has 0 spiro atoms. The first kappa shape index (κ1) is 20.5. The minimum atomic E-state index is -0.784. The number of thiazole rings is 1.